The number of hydrogen-bond acceptors (Lipinski definition) is 3. The van der Waals surface area contributed by atoms with Gasteiger partial charge in [-0.25, -0.2) is 0 Å². The Bertz CT molecular complexity index is 426. The molecule has 3 N–H and O–H groups in total. The van der Waals surface area contributed by atoms with E-state index in [1.54, 1.807) is 7.11 Å². The molecule has 1 aromatic carbocycles. The van der Waals surface area contributed by atoms with Crippen molar-refractivity contribution < 1.29 is 14.6 Å². The molecule has 0 heterocycles. The molecule has 1 atom stereocenters. The normalized spacial score (nSPS) is 19.2. The Kier molecular flexibility index (Phi) is 3.07. The highest BCUT2D eigenvalue weighted by Gasteiger charge is 2.49. The number of benzene rings is 1. The van der Waals surface area contributed by atoms with Crippen molar-refractivity contribution in [3.8, 4) is 5.75 Å². The smallest absolute Gasteiger partial charge is 0.311 e. The Hall–Kier alpha value is -1.55. The van der Waals surface area contributed by atoms with Crippen molar-refractivity contribution in [3.05, 3.63) is 29.8 Å². The van der Waals surface area contributed by atoms with Gasteiger partial charge in [0.15, 0.2) is 0 Å². The molecule has 0 saturated heterocycles. The molecule has 17 heavy (non-hydrogen) atoms. The molecule has 1 saturated carbocycles. The summed E-state index contributed by atoms with van der Waals surface area (Å²) in [6, 6.07) is 6.86. The zero-order valence-electron chi connectivity index (χ0n) is 9.85. The molecule has 1 aliphatic carbocycles. The van der Waals surface area contributed by atoms with Crippen LogP contribution in [0.2, 0.25) is 0 Å². The summed E-state index contributed by atoms with van der Waals surface area (Å²) < 4.78 is 5.13. The largest absolute Gasteiger partial charge is 0.497 e. The van der Waals surface area contributed by atoms with Crippen LogP contribution in [0.5, 0.6) is 5.75 Å². The maximum Gasteiger partial charge on any atom is 0.311 e. The third-order valence-corrected chi connectivity index (χ3v) is 3.72. The molecule has 1 fully saturated rings. The van der Waals surface area contributed by atoms with Crippen molar-refractivity contribution in [2.75, 3.05) is 7.11 Å². The second kappa shape index (κ2) is 4.37. The standard InChI is InChI=1S/C13H17NO3/c1-17-10-5-2-4-9(8-10)11(14)13(12(15)16)6-3-7-13/h2,4-5,8,11H,3,6-7,14H2,1H3,(H,15,16). The number of nitrogens with two attached hydrogens (primary N) is 1. The van der Waals surface area contributed by atoms with Crippen molar-refractivity contribution in [1.29, 1.82) is 0 Å². The number of methoxy groups -OCH3 is 1. The van der Waals surface area contributed by atoms with Gasteiger partial charge in [-0.2, -0.15) is 0 Å². The molecule has 0 amide bonds. The molecule has 0 aromatic heterocycles. The average molecular weight is 235 g/mol. The van der Waals surface area contributed by atoms with Gasteiger partial charge in [-0.15, -0.1) is 0 Å². The van der Waals surface area contributed by atoms with Gasteiger partial charge < -0.3 is 15.6 Å². The van der Waals surface area contributed by atoms with E-state index in [1.165, 1.54) is 0 Å². The van der Waals surface area contributed by atoms with Crippen LogP contribution in [0, 0.1) is 5.41 Å². The zero-order chi connectivity index (χ0) is 12.5. The van der Waals surface area contributed by atoms with Gasteiger partial charge in [-0.05, 0) is 30.5 Å². The predicted octanol–water partition coefficient (Wildman–Crippen LogP) is 1.95. The number of rotatable bonds is 4. The molecule has 2 rings (SSSR count). The van der Waals surface area contributed by atoms with E-state index in [9.17, 15) is 9.90 Å². The van der Waals surface area contributed by atoms with E-state index >= 15 is 0 Å². The highest BCUT2D eigenvalue weighted by Crippen LogP contribution is 2.49. The first-order chi connectivity index (χ1) is 8.10. The summed E-state index contributed by atoms with van der Waals surface area (Å²) in [5, 5.41) is 9.33. The maximum absolute atomic E-state index is 11.4. The number of carboxylic acid groups (broad SMARTS) is 1. The lowest BCUT2D eigenvalue weighted by Gasteiger charge is -2.42. The lowest BCUT2D eigenvalue weighted by atomic mass is 9.62. The SMILES string of the molecule is COc1cccc(C(N)C2(C(=O)O)CCC2)c1. The van der Waals surface area contributed by atoms with E-state index in [4.69, 9.17) is 10.5 Å². The van der Waals surface area contributed by atoms with Crippen molar-refractivity contribution in [2.45, 2.75) is 25.3 Å². The predicted molar refractivity (Wildman–Crippen MR) is 63.8 cm³/mol. The van der Waals surface area contributed by atoms with Crippen molar-refractivity contribution in [2.24, 2.45) is 11.1 Å². The maximum atomic E-state index is 11.4. The van der Waals surface area contributed by atoms with E-state index in [0.29, 0.717) is 18.6 Å². The van der Waals surface area contributed by atoms with E-state index in [0.717, 1.165) is 12.0 Å². The first kappa shape index (κ1) is 11.9. The fourth-order valence-corrected chi connectivity index (χ4v) is 2.37. The molecule has 0 aliphatic heterocycles. The minimum atomic E-state index is -0.793. The van der Waals surface area contributed by atoms with Gasteiger partial charge in [0.2, 0.25) is 0 Å². The number of aliphatic carboxylic acids is 1. The van der Waals surface area contributed by atoms with E-state index in [1.807, 2.05) is 24.3 Å². The summed E-state index contributed by atoms with van der Waals surface area (Å²) in [6.07, 6.45) is 2.24. The Morgan fingerprint density at radius 2 is 2.24 bits per heavy atom. The third kappa shape index (κ3) is 1.89. The Morgan fingerprint density at radius 1 is 1.53 bits per heavy atom. The molecular formula is C13H17NO3. The Labute approximate surface area is 100 Å². The van der Waals surface area contributed by atoms with Crippen molar-refractivity contribution in [1.82, 2.24) is 0 Å². The van der Waals surface area contributed by atoms with Gasteiger partial charge in [0, 0.05) is 6.04 Å². The Balaban J connectivity index is 2.29. The first-order valence-corrected chi connectivity index (χ1v) is 5.73. The quantitative estimate of drug-likeness (QED) is 0.836. The highest BCUT2D eigenvalue weighted by molar-refractivity contribution is 5.77. The summed E-state index contributed by atoms with van der Waals surface area (Å²) in [4.78, 5) is 11.4. The van der Waals surface area contributed by atoms with Crippen LogP contribution in [0.15, 0.2) is 24.3 Å². The second-order valence-electron chi connectivity index (χ2n) is 4.57. The summed E-state index contributed by atoms with van der Waals surface area (Å²) in [7, 11) is 1.58. The summed E-state index contributed by atoms with van der Waals surface area (Å²) >= 11 is 0. The average Bonchev–Trinajstić information content (AvgIpc) is 2.27. The summed E-state index contributed by atoms with van der Waals surface area (Å²) in [5.41, 5.74) is 6.16. The van der Waals surface area contributed by atoms with Gasteiger partial charge in [0.1, 0.15) is 5.75 Å². The minimum absolute atomic E-state index is 0.469. The van der Waals surface area contributed by atoms with Crippen LogP contribution in [0.1, 0.15) is 30.9 Å². The fourth-order valence-electron chi connectivity index (χ4n) is 2.37. The monoisotopic (exact) mass is 235 g/mol. The van der Waals surface area contributed by atoms with Crippen LogP contribution in [-0.2, 0) is 4.79 Å². The number of carboxylic acids is 1. The van der Waals surface area contributed by atoms with E-state index < -0.39 is 17.4 Å². The summed E-state index contributed by atoms with van der Waals surface area (Å²) in [6.45, 7) is 0. The van der Waals surface area contributed by atoms with Crippen LogP contribution < -0.4 is 10.5 Å². The highest BCUT2D eigenvalue weighted by atomic mass is 16.5. The van der Waals surface area contributed by atoms with E-state index in [2.05, 4.69) is 0 Å². The molecule has 92 valence electrons. The van der Waals surface area contributed by atoms with Gasteiger partial charge >= 0.3 is 5.97 Å². The van der Waals surface area contributed by atoms with Gasteiger partial charge in [-0.1, -0.05) is 18.6 Å². The molecule has 1 aromatic rings. The minimum Gasteiger partial charge on any atom is -0.497 e. The molecule has 0 bridgehead atoms. The van der Waals surface area contributed by atoms with Crippen LogP contribution in [0.4, 0.5) is 0 Å². The molecule has 4 nitrogen and oxygen atoms in total. The van der Waals surface area contributed by atoms with Crippen LogP contribution in [-0.4, -0.2) is 18.2 Å². The number of hydrogen-bond donors (Lipinski definition) is 2. The lowest BCUT2D eigenvalue weighted by molar-refractivity contribution is -0.156. The molecule has 0 radical (unpaired) electrons. The summed E-state index contributed by atoms with van der Waals surface area (Å²) in [5.74, 6) is -0.0862. The fraction of sp³-hybridized carbons (Fsp3) is 0.462. The lowest BCUT2D eigenvalue weighted by Crippen LogP contribution is -2.46. The van der Waals surface area contributed by atoms with E-state index in [-0.39, 0.29) is 0 Å². The van der Waals surface area contributed by atoms with Crippen molar-refractivity contribution in [3.63, 3.8) is 0 Å². The first-order valence-electron chi connectivity index (χ1n) is 5.73. The van der Waals surface area contributed by atoms with Gasteiger partial charge in [-0.3, -0.25) is 4.79 Å². The van der Waals surface area contributed by atoms with Crippen LogP contribution in [0.3, 0.4) is 0 Å². The Morgan fingerprint density at radius 3 is 2.71 bits per heavy atom. The number of ether oxygens (including phenoxy) is 1. The molecule has 0 spiro atoms. The topological polar surface area (TPSA) is 72.5 Å². The van der Waals surface area contributed by atoms with Gasteiger partial charge in [0.05, 0.1) is 12.5 Å². The molecular weight excluding hydrogens is 218 g/mol. The van der Waals surface area contributed by atoms with Crippen LogP contribution in [0.25, 0.3) is 0 Å². The number of carbonyl (C=O) groups is 1. The third-order valence-electron chi connectivity index (χ3n) is 3.72. The van der Waals surface area contributed by atoms with Gasteiger partial charge in [0.25, 0.3) is 0 Å². The molecule has 1 unspecified atom stereocenters. The van der Waals surface area contributed by atoms with Crippen LogP contribution >= 0.6 is 0 Å². The zero-order valence-corrected chi connectivity index (χ0v) is 9.85. The van der Waals surface area contributed by atoms with Crippen molar-refractivity contribution >= 4 is 5.97 Å². The molecule has 1 aliphatic rings. The second-order valence-corrected chi connectivity index (χ2v) is 4.57. The molecule has 4 heteroatoms.